The molecule has 0 unspecified atom stereocenters. The summed E-state index contributed by atoms with van der Waals surface area (Å²) < 4.78 is 25.4. The number of thiazole rings is 1. The van der Waals surface area contributed by atoms with Crippen LogP contribution in [0, 0.1) is 5.82 Å². The Labute approximate surface area is 215 Å². The van der Waals surface area contributed by atoms with Gasteiger partial charge in [-0.05, 0) is 66.6 Å². The fourth-order valence-corrected chi connectivity index (χ4v) is 5.86. The van der Waals surface area contributed by atoms with Crippen LogP contribution in [0.15, 0.2) is 66.2 Å². The van der Waals surface area contributed by atoms with Crippen LogP contribution < -0.4 is 14.4 Å². The second-order valence-electron chi connectivity index (χ2n) is 9.01. The number of hydrogen-bond acceptors (Lipinski definition) is 7. The minimum absolute atomic E-state index is 0.0150. The van der Waals surface area contributed by atoms with Crippen molar-refractivity contribution >= 4 is 44.1 Å². The molecule has 0 radical (unpaired) electrons. The van der Waals surface area contributed by atoms with Crippen molar-refractivity contribution < 1.29 is 28.6 Å². The Balaban J connectivity index is 1.53. The van der Waals surface area contributed by atoms with Crippen LogP contribution in [-0.4, -0.2) is 35.0 Å². The van der Waals surface area contributed by atoms with Crippen LogP contribution in [0.5, 0.6) is 11.5 Å². The SMILES string of the molecule is COc1ccc([C@@H]2C(=C(O)c3ccc4c(c3)C[C@@H](C)O4)C(=O)C(=O)N2c2nc3ccc(F)cc3s2)cc1. The fourth-order valence-electron chi connectivity index (χ4n) is 4.85. The Hall–Kier alpha value is -4.24. The molecular formula is C28H21FN2O5S. The quantitative estimate of drug-likeness (QED) is 0.222. The molecule has 2 atom stereocenters. The molecule has 1 aromatic heterocycles. The number of methoxy groups -OCH3 is 1. The maximum Gasteiger partial charge on any atom is 0.301 e. The summed E-state index contributed by atoms with van der Waals surface area (Å²) in [5.41, 5.74) is 2.38. The third kappa shape index (κ3) is 3.82. The monoisotopic (exact) mass is 516 g/mol. The van der Waals surface area contributed by atoms with Gasteiger partial charge >= 0.3 is 5.91 Å². The lowest BCUT2D eigenvalue weighted by Gasteiger charge is -2.23. The first-order chi connectivity index (χ1) is 17.8. The summed E-state index contributed by atoms with van der Waals surface area (Å²) in [6, 6.07) is 15.3. The van der Waals surface area contributed by atoms with Crippen molar-refractivity contribution in [1.82, 2.24) is 4.98 Å². The molecule has 3 heterocycles. The Kier molecular flexibility index (Phi) is 5.45. The predicted octanol–water partition coefficient (Wildman–Crippen LogP) is 5.39. The van der Waals surface area contributed by atoms with Crippen molar-refractivity contribution in [2.75, 3.05) is 12.0 Å². The molecule has 3 aromatic carbocycles. The van der Waals surface area contributed by atoms with Crippen molar-refractivity contribution in [2.24, 2.45) is 0 Å². The van der Waals surface area contributed by atoms with Gasteiger partial charge in [0.05, 0.1) is 28.9 Å². The lowest BCUT2D eigenvalue weighted by Crippen LogP contribution is -2.29. The summed E-state index contributed by atoms with van der Waals surface area (Å²) in [6.07, 6.45) is 0.691. The predicted molar refractivity (Wildman–Crippen MR) is 138 cm³/mol. The van der Waals surface area contributed by atoms with Gasteiger partial charge in [-0.3, -0.25) is 14.5 Å². The molecule has 0 aliphatic carbocycles. The van der Waals surface area contributed by atoms with E-state index in [0.29, 0.717) is 33.5 Å². The number of aromatic nitrogens is 1. The largest absolute Gasteiger partial charge is 0.507 e. The summed E-state index contributed by atoms with van der Waals surface area (Å²) >= 11 is 1.10. The number of carbonyl (C=O) groups is 2. The first-order valence-electron chi connectivity index (χ1n) is 11.6. The van der Waals surface area contributed by atoms with Crippen molar-refractivity contribution in [3.05, 3.63) is 88.7 Å². The van der Waals surface area contributed by atoms with E-state index in [1.165, 1.54) is 23.1 Å². The Morgan fingerprint density at radius 3 is 2.68 bits per heavy atom. The fraction of sp³-hybridized carbons (Fsp3) is 0.179. The van der Waals surface area contributed by atoms with Crippen LogP contribution in [0.1, 0.15) is 29.7 Å². The average Bonchev–Trinajstić information content (AvgIpc) is 3.55. The molecule has 0 saturated carbocycles. The number of benzene rings is 3. The topological polar surface area (TPSA) is 89.0 Å². The molecule has 1 amide bonds. The van der Waals surface area contributed by atoms with E-state index in [4.69, 9.17) is 9.47 Å². The number of hydrogen-bond donors (Lipinski definition) is 1. The molecule has 7 nitrogen and oxygen atoms in total. The van der Waals surface area contributed by atoms with Crippen LogP contribution in [0.25, 0.3) is 16.0 Å². The lowest BCUT2D eigenvalue weighted by molar-refractivity contribution is -0.132. The minimum atomic E-state index is -0.945. The summed E-state index contributed by atoms with van der Waals surface area (Å²) in [7, 11) is 1.54. The highest BCUT2D eigenvalue weighted by atomic mass is 32.1. The summed E-state index contributed by atoms with van der Waals surface area (Å²) in [4.78, 5) is 32.6. The van der Waals surface area contributed by atoms with Crippen LogP contribution >= 0.6 is 11.3 Å². The van der Waals surface area contributed by atoms with Crippen molar-refractivity contribution in [3.63, 3.8) is 0 Å². The normalized spacial score (nSPS) is 20.4. The number of Topliss-reactive ketones (excluding diaryl/α,β-unsaturated/α-hetero) is 1. The Morgan fingerprint density at radius 1 is 1.14 bits per heavy atom. The number of ether oxygens (including phenoxy) is 2. The van der Waals surface area contributed by atoms with Crippen LogP contribution in [-0.2, 0) is 16.0 Å². The van der Waals surface area contributed by atoms with Gasteiger partial charge in [-0.2, -0.15) is 0 Å². The van der Waals surface area contributed by atoms with Crippen molar-refractivity contribution in [3.8, 4) is 11.5 Å². The van der Waals surface area contributed by atoms with Gasteiger partial charge < -0.3 is 14.6 Å². The van der Waals surface area contributed by atoms with Crippen LogP contribution in [0.4, 0.5) is 9.52 Å². The van der Waals surface area contributed by atoms with Crippen LogP contribution in [0.2, 0.25) is 0 Å². The molecule has 9 heteroatoms. The highest BCUT2D eigenvalue weighted by molar-refractivity contribution is 7.22. The third-order valence-corrected chi connectivity index (χ3v) is 7.61. The number of fused-ring (bicyclic) bond motifs is 2. The molecule has 37 heavy (non-hydrogen) atoms. The summed E-state index contributed by atoms with van der Waals surface area (Å²) in [6.45, 7) is 1.96. The number of rotatable bonds is 4. The Morgan fingerprint density at radius 2 is 1.92 bits per heavy atom. The second kappa shape index (κ2) is 8.70. The van der Waals surface area contributed by atoms with E-state index in [0.717, 1.165) is 22.6 Å². The van der Waals surface area contributed by atoms with Gasteiger partial charge in [0, 0.05) is 12.0 Å². The zero-order chi connectivity index (χ0) is 25.8. The van der Waals surface area contributed by atoms with Gasteiger partial charge in [0.1, 0.15) is 29.2 Å². The average molecular weight is 517 g/mol. The number of halogens is 1. The molecule has 2 aliphatic rings. The molecule has 1 N–H and O–H groups in total. The maximum atomic E-state index is 13.8. The summed E-state index contributed by atoms with van der Waals surface area (Å²) in [5.74, 6) is -1.02. The van der Waals surface area contributed by atoms with E-state index in [1.54, 1.807) is 49.6 Å². The van der Waals surface area contributed by atoms with E-state index in [-0.39, 0.29) is 22.6 Å². The number of aliphatic hydroxyl groups is 1. The molecule has 2 aliphatic heterocycles. The number of amides is 1. The molecule has 0 bridgehead atoms. The first-order valence-corrected chi connectivity index (χ1v) is 12.5. The number of nitrogens with zero attached hydrogens (tertiary/aromatic N) is 2. The van der Waals surface area contributed by atoms with Gasteiger partial charge in [0.25, 0.3) is 5.78 Å². The van der Waals surface area contributed by atoms with Gasteiger partial charge in [-0.15, -0.1) is 0 Å². The number of anilines is 1. The minimum Gasteiger partial charge on any atom is -0.507 e. The summed E-state index contributed by atoms with van der Waals surface area (Å²) in [5, 5.41) is 11.7. The molecule has 1 fully saturated rings. The smallest absolute Gasteiger partial charge is 0.301 e. The number of ketones is 1. The molecule has 6 rings (SSSR count). The molecule has 4 aromatic rings. The maximum absolute atomic E-state index is 13.8. The Bertz CT molecular complexity index is 1610. The van der Waals surface area contributed by atoms with E-state index in [2.05, 4.69) is 4.98 Å². The number of aliphatic hydroxyl groups excluding tert-OH is 1. The highest BCUT2D eigenvalue weighted by Gasteiger charge is 2.48. The first kappa shape index (κ1) is 23.2. The standard InChI is InChI=1S/C28H21FN2O5S/c1-14-11-17-12-16(5-10-21(17)36-14)25(32)23-24(15-3-7-19(35-2)8-4-15)31(27(34)26(23)33)28-30-20-9-6-18(29)13-22(20)37-28/h3-10,12-14,24,32H,11H2,1-2H3/t14-,24-/m1/s1. The van der Waals surface area contributed by atoms with E-state index in [9.17, 15) is 19.1 Å². The second-order valence-corrected chi connectivity index (χ2v) is 10.0. The number of carbonyl (C=O) groups excluding carboxylic acids is 2. The molecule has 1 saturated heterocycles. The third-order valence-electron chi connectivity index (χ3n) is 6.59. The zero-order valence-corrected chi connectivity index (χ0v) is 20.7. The molecule has 186 valence electrons. The van der Waals surface area contributed by atoms with E-state index >= 15 is 0 Å². The molecular weight excluding hydrogens is 495 g/mol. The van der Waals surface area contributed by atoms with Gasteiger partial charge in [-0.25, -0.2) is 9.37 Å². The van der Waals surface area contributed by atoms with Gasteiger partial charge in [0.15, 0.2) is 5.13 Å². The van der Waals surface area contributed by atoms with Gasteiger partial charge in [0.2, 0.25) is 0 Å². The van der Waals surface area contributed by atoms with E-state index < -0.39 is 23.5 Å². The highest BCUT2D eigenvalue weighted by Crippen LogP contribution is 2.45. The molecule has 0 spiro atoms. The van der Waals surface area contributed by atoms with Gasteiger partial charge in [-0.1, -0.05) is 23.5 Å². The van der Waals surface area contributed by atoms with E-state index in [1.807, 2.05) is 6.92 Å². The van der Waals surface area contributed by atoms with Crippen LogP contribution in [0.3, 0.4) is 0 Å². The lowest BCUT2D eigenvalue weighted by atomic mass is 9.94. The van der Waals surface area contributed by atoms with Crippen molar-refractivity contribution in [2.45, 2.75) is 25.5 Å². The van der Waals surface area contributed by atoms with Crippen molar-refractivity contribution in [1.29, 1.82) is 0 Å². The zero-order valence-electron chi connectivity index (χ0n) is 19.9.